The first-order chi connectivity index (χ1) is 7.20. The van der Waals surface area contributed by atoms with Gasteiger partial charge in [-0.15, -0.1) is 0 Å². The number of anilines is 1. The van der Waals surface area contributed by atoms with Crippen LogP contribution in [0.25, 0.3) is 0 Å². The number of rotatable bonds is 2. The van der Waals surface area contributed by atoms with Gasteiger partial charge in [-0.05, 0) is 13.0 Å². The van der Waals surface area contributed by atoms with Crippen LogP contribution in [0.2, 0.25) is 0 Å². The molecule has 0 amide bonds. The van der Waals surface area contributed by atoms with Crippen molar-refractivity contribution in [3.8, 4) is 0 Å². The Morgan fingerprint density at radius 3 is 3.13 bits per heavy atom. The van der Waals surface area contributed by atoms with E-state index in [4.69, 9.17) is 5.73 Å². The maximum Gasteiger partial charge on any atom is 0.257 e. The SMILES string of the molecule is CCCN1CCc2nc(N)[nH]c(=O)c2C1. The Morgan fingerprint density at radius 2 is 2.40 bits per heavy atom. The maximum absolute atomic E-state index is 11.6. The smallest absolute Gasteiger partial charge is 0.257 e. The number of hydrogen-bond donors (Lipinski definition) is 2. The molecule has 0 radical (unpaired) electrons. The minimum absolute atomic E-state index is 0.0849. The largest absolute Gasteiger partial charge is 0.369 e. The molecular formula is C10H16N4O. The number of nitrogen functional groups attached to an aromatic ring is 1. The Hall–Kier alpha value is -1.36. The third kappa shape index (κ3) is 2.02. The molecule has 82 valence electrons. The predicted octanol–water partition coefficient (Wildman–Crippen LogP) is 0.120. The molecule has 5 heteroatoms. The molecule has 0 saturated carbocycles. The molecule has 1 aromatic rings. The van der Waals surface area contributed by atoms with Crippen molar-refractivity contribution in [1.82, 2.24) is 14.9 Å². The number of aromatic nitrogens is 2. The van der Waals surface area contributed by atoms with Crippen molar-refractivity contribution in [2.24, 2.45) is 0 Å². The van der Waals surface area contributed by atoms with Gasteiger partial charge in [0.1, 0.15) is 0 Å². The lowest BCUT2D eigenvalue weighted by Crippen LogP contribution is -2.36. The normalized spacial score (nSPS) is 16.3. The van der Waals surface area contributed by atoms with Gasteiger partial charge < -0.3 is 5.73 Å². The molecule has 0 unspecified atom stereocenters. The summed E-state index contributed by atoms with van der Waals surface area (Å²) in [7, 11) is 0. The lowest BCUT2D eigenvalue weighted by Gasteiger charge is -2.26. The van der Waals surface area contributed by atoms with E-state index < -0.39 is 0 Å². The van der Waals surface area contributed by atoms with Gasteiger partial charge in [-0.2, -0.15) is 0 Å². The van der Waals surface area contributed by atoms with Crippen LogP contribution in [0.5, 0.6) is 0 Å². The summed E-state index contributed by atoms with van der Waals surface area (Å²) in [5, 5.41) is 0. The van der Waals surface area contributed by atoms with Crippen LogP contribution in [0.15, 0.2) is 4.79 Å². The van der Waals surface area contributed by atoms with Crippen molar-refractivity contribution in [1.29, 1.82) is 0 Å². The maximum atomic E-state index is 11.6. The van der Waals surface area contributed by atoms with E-state index in [1.54, 1.807) is 0 Å². The predicted molar refractivity (Wildman–Crippen MR) is 58.5 cm³/mol. The highest BCUT2D eigenvalue weighted by molar-refractivity contribution is 5.27. The van der Waals surface area contributed by atoms with Gasteiger partial charge in [-0.1, -0.05) is 6.92 Å². The Labute approximate surface area is 88.3 Å². The van der Waals surface area contributed by atoms with Crippen LogP contribution in [-0.4, -0.2) is 28.0 Å². The summed E-state index contributed by atoms with van der Waals surface area (Å²) in [5.74, 6) is 0.225. The molecule has 0 fully saturated rings. The van der Waals surface area contributed by atoms with Crippen molar-refractivity contribution >= 4 is 5.95 Å². The quantitative estimate of drug-likeness (QED) is 0.724. The number of hydrogen-bond acceptors (Lipinski definition) is 4. The number of nitrogens with two attached hydrogens (primary N) is 1. The first-order valence-electron chi connectivity index (χ1n) is 5.30. The number of aromatic amines is 1. The molecule has 5 nitrogen and oxygen atoms in total. The topological polar surface area (TPSA) is 75.0 Å². The second kappa shape index (κ2) is 4.02. The van der Waals surface area contributed by atoms with Gasteiger partial charge in [0.25, 0.3) is 5.56 Å². The van der Waals surface area contributed by atoms with E-state index in [-0.39, 0.29) is 11.5 Å². The van der Waals surface area contributed by atoms with Gasteiger partial charge in [-0.25, -0.2) is 4.98 Å². The lowest BCUT2D eigenvalue weighted by atomic mass is 10.1. The van der Waals surface area contributed by atoms with Crippen LogP contribution in [0.3, 0.4) is 0 Å². The Morgan fingerprint density at radius 1 is 1.60 bits per heavy atom. The third-order valence-corrected chi connectivity index (χ3v) is 2.71. The van der Waals surface area contributed by atoms with Crippen molar-refractivity contribution in [2.45, 2.75) is 26.3 Å². The molecular weight excluding hydrogens is 192 g/mol. The fraction of sp³-hybridized carbons (Fsp3) is 0.600. The fourth-order valence-electron chi connectivity index (χ4n) is 2.01. The van der Waals surface area contributed by atoms with Crippen molar-refractivity contribution < 1.29 is 0 Å². The monoisotopic (exact) mass is 208 g/mol. The van der Waals surface area contributed by atoms with E-state index in [0.29, 0.717) is 6.54 Å². The van der Waals surface area contributed by atoms with E-state index >= 15 is 0 Å². The number of fused-ring (bicyclic) bond motifs is 1. The van der Waals surface area contributed by atoms with E-state index in [1.165, 1.54) is 0 Å². The number of nitrogens with one attached hydrogen (secondary N) is 1. The Bertz CT molecular complexity index is 412. The summed E-state index contributed by atoms with van der Waals surface area (Å²) in [6.07, 6.45) is 1.93. The van der Waals surface area contributed by atoms with Crippen molar-refractivity contribution in [3.63, 3.8) is 0 Å². The number of nitrogens with zero attached hydrogens (tertiary/aromatic N) is 2. The highest BCUT2D eigenvalue weighted by Crippen LogP contribution is 2.13. The van der Waals surface area contributed by atoms with Crippen molar-refractivity contribution in [3.05, 3.63) is 21.6 Å². The zero-order valence-electron chi connectivity index (χ0n) is 8.92. The molecule has 2 heterocycles. The second-order valence-electron chi connectivity index (χ2n) is 3.90. The molecule has 1 aliphatic rings. The average Bonchev–Trinajstić information content (AvgIpc) is 2.19. The van der Waals surface area contributed by atoms with Gasteiger partial charge in [0.05, 0.1) is 11.3 Å². The standard InChI is InChI=1S/C10H16N4O/c1-2-4-14-5-3-8-7(6-14)9(15)13-10(11)12-8/h2-6H2,1H3,(H3,11,12,13,15). The fourth-order valence-corrected chi connectivity index (χ4v) is 2.01. The van der Waals surface area contributed by atoms with E-state index in [0.717, 1.165) is 37.2 Å². The molecule has 3 N–H and O–H groups in total. The van der Waals surface area contributed by atoms with Gasteiger partial charge >= 0.3 is 0 Å². The van der Waals surface area contributed by atoms with Crippen LogP contribution in [0, 0.1) is 0 Å². The van der Waals surface area contributed by atoms with Crippen LogP contribution in [-0.2, 0) is 13.0 Å². The molecule has 15 heavy (non-hydrogen) atoms. The van der Waals surface area contributed by atoms with E-state index in [9.17, 15) is 4.79 Å². The van der Waals surface area contributed by atoms with Crippen LogP contribution < -0.4 is 11.3 Å². The zero-order valence-corrected chi connectivity index (χ0v) is 8.92. The summed E-state index contributed by atoms with van der Waals surface area (Å²) in [4.78, 5) is 20.6. The molecule has 0 spiro atoms. The molecule has 0 atom stereocenters. The number of H-pyrrole nitrogens is 1. The second-order valence-corrected chi connectivity index (χ2v) is 3.90. The van der Waals surface area contributed by atoms with Crippen LogP contribution in [0.1, 0.15) is 24.6 Å². The van der Waals surface area contributed by atoms with Gasteiger partial charge in [0.2, 0.25) is 5.95 Å². The Kier molecular flexibility index (Phi) is 2.73. The molecule has 0 bridgehead atoms. The summed E-state index contributed by atoms with van der Waals surface area (Å²) in [6.45, 7) is 4.84. The first kappa shape index (κ1) is 10.2. The minimum Gasteiger partial charge on any atom is -0.369 e. The van der Waals surface area contributed by atoms with E-state index in [2.05, 4.69) is 21.8 Å². The summed E-state index contributed by atoms with van der Waals surface area (Å²) >= 11 is 0. The van der Waals surface area contributed by atoms with E-state index in [1.807, 2.05) is 0 Å². The van der Waals surface area contributed by atoms with Crippen LogP contribution >= 0.6 is 0 Å². The highest BCUT2D eigenvalue weighted by Gasteiger charge is 2.19. The molecule has 1 aliphatic heterocycles. The molecule has 1 aromatic heterocycles. The highest BCUT2D eigenvalue weighted by atomic mass is 16.1. The third-order valence-electron chi connectivity index (χ3n) is 2.71. The Balaban J connectivity index is 2.29. The van der Waals surface area contributed by atoms with Gasteiger partial charge in [-0.3, -0.25) is 14.7 Å². The molecule has 0 saturated heterocycles. The summed E-state index contributed by atoms with van der Waals surface area (Å²) < 4.78 is 0. The molecule has 0 aromatic carbocycles. The summed E-state index contributed by atoms with van der Waals surface area (Å²) in [6, 6.07) is 0. The zero-order chi connectivity index (χ0) is 10.8. The first-order valence-corrected chi connectivity index (χ1v) is 5.30. The average molecular weight is 208 g/mol. The molecule has 0 aliphatic carbocycles. The minimum atomic E-state index is -0.0849. The molecule has 2 rings (SSSR count). The summed E-state index contributed by atoms with van der Waals surface area (Å²) in [5.41, 5.74) is 7.06. The van der Waals surface area contributed by atoms with Crippen molar-refractivity contribution in [2.75, 3.05) is 18.8 Å². The van der Waals surface area contributed by atoms with Gasteiger partial charge in [0.15, 0.2) is 0 Å². The lowest BCUT2D eigenvalue weighted by molar-refractivity contribution is 0.251. The van der Waals surface area contributed by atoms with Gasteiger partial charge in [0, 0.05) is 19.5 Å². The van der Waals surface area contributed by atoms with Crippen LogP contribution in [0.4, 0.5) is 5.95 Å².